The van der Waals surface area contributed by atoms with Crippen LogP contribution in [0.5, 0.6) is 0 Å². The zero-order valence-electron chi connectivity index (χ0n) is 13.0. The molecule has 23 heavy (non-hydrogen) atoms. The Hall–Kier alpha value is -2.17. The molecule has 4 nitrogen and oxygen atoms in total. The molecule has 1 aromatic heterocycles. The lowest BCUT2D eigenvalue weighted by Gasteiger charge is -2.25. The molecule has 0 saturated carbocycles. The molecule has 3 rings (SSSR count). The van der Waals surface area contributed by atoms with E-state index in [-0.39, 0.29) is 0 Å². The summed E-state index contributed by atoms with van der Waals surface area (Å²) in [5, 5.41) is 15.5. The van der Waals surface area contributed by atoms with Crippen LogP contribution in [0.15, 0.2) is 48.8 Å². The Morgan fingerprint density at radius 3 is 2.74 bits per heavy atom. The number of hydrogen-bond donors (Lipinski definition) is 2. The van der Waals surface area contributed by atoms with E-state index >= 15 is 0 Å². The van der Waals surface area contributed by atoms with Gasteiger partial charge in [0, 0.05) is 17.0 Å². The smallest absolute Gasteiger partial charge is 0.137 e. The quantitative estimate of drug-likeness (QED) is 0.762. The molecule has 0 saturated heterocycles. The van der Waals surface area contributed by atoms with E-state index in [1.165, 1.54) is 6.33 Å². The van der Waals surface area contributed by atoms with Crippen molar-refractivity contribution in [3.8, 4) is 0 Å². The second-order valence-corrected chi connectivity index (χ2v) is 6.27. The first-order valence-electron chi connectivity index (χ1n) is 7.40. The molecule has 0 bridgehead atoms. The van der Waals surface area contributed by atoms with Crippen molar-refractivity contribution in [3.05, 3.63) is 64.9 Å². The number of aryl methyl sites for hydroxylation is 1. The Morgan fingerprint density at radius 1 is 1.17 bits per heavy atom. The molecule has 1 unspecified atom stereocenters. The lowest BCUT2D eigenvalue weighted by atomic mass is 9.96. The number of fused-ring (bicyclic) bond motifs is 1. The van der Waals surface area contributed by atoms with Crippen LogP contribution in [0.2, 0.25) is 5.02 Å². The first-order chi connectivity index (χ1) is 11.0. The summed E-state index contributed by atoms with van der Waals surface area (Å²) in [6.45, 7) is 4.08. The van der Waals surface area contributed by atoms with Gasteiger partial charge in [0.25, 0.3) is 0 Å². The topological polar surface area (TPSA) is 58.0 Å². The monoisotopic (exact) mass is 327 g/mol. The van der Waals surface area contributed by atoms with Gasteiger partial charge in [0.05, 0.1) is 5.52 Å². The van der Waals surface area contributed by atoms with Crippen LogP contribution >= 0.6 is 11.6 Å². The molecule has 0 fully saturated rings. The minimum atomic E-state index is -1.06. The van der Waals surface area contributed by atoms with E-state index in [0.717, 1.165) is 22.0 Å². The molecule has 1 heterocycles. The van der Waals surface area contributed by atoms with E-state index in [0.29, 0.717) is 17.4 Å². The van der Waals surface area contributed by atoms with E-state index < -0.39 is 5.60 Å². The number of benzene rings is 2. The summed E-state index contributed by atoms with van der Waals surface area (Å²) in [7, 11) is 0. The molecule has 0 spiro atoms. The van der Waals surface area contributed by atoms with E-state index in [2.05, 4.69) is 15.3 Å². The van der Waals surface area contributed by atoms with Crippen molar-refractivity contribution in [2.24, 2.45) is 0 Å². The van der Waals surface area contributed by atoms with Crippen LogP contribution in [0.25, 0.3) is 10.9 Å². The summed E-state index contributed by atoms with van der Waals surface area (Å²) in [5.74, 6) is 0.709. The second-order valence-electron chi connectivity index (χ2n) is 5.83. The zero-order chi connectivity index (χ0) is 16.4. The SMILES string of the molecule is Cc1cccc2c(NCC(C)(O)c3cccc(Cl)c3)ncnc12. The number of anilines is 1. The van der Waals surface area contributed by atoms with Crippen molar-refractivity contribution in [3.63, 3.8) is 0 Å². The molecule has 2 aromatic carbocycles. The van der Waals surface area contributed by atoms with E-state index in [4.69, 9.17) is 11.6 Å². The van der Waals surface area contributed by atoms with Crippen molar-refractivity contribution in [1.82, 2.24) is 9.97 Å². The molecular formula is C18H18ClN3O. The highest BCUT2D eigenvalue weighted by molar-refractivity contribution is 6.30. The molecule has 0 aliphatic carbocycles. The van der Waals surface area contributed by atoms with Gasteiger partial charge >= 0.3 is 0 Å². The van der Waals surface area contributed by atoms with Gasteiger partial charge in [-0.15, -0.1) is 0 Å². The standard InChI is InChI=1S/C18H18ClN3O/c1-12-5-3-8-15-16(12)21-11-22-17(15)20-10-18(2,23)13-6-4-7-14(19)9-13/h3-9,11,23H,10H2,1-2H3,(H,20,21,22). The van der Waals surface area contributed by atoms with Gasteiger partial charge in [-0.05, 0) is 43.2 Å². The van der Waals surface area contributed by atoms with E-state index in [1.807, 2.05) is 37.3 Å². The summed E-state index contributed by atoms with van der Waals surface area (Å²) < 4.78 is 0. The molecule has 1 atom stereocenters. The molecule has 0 aliphatic heterocycles. The minimum Gasteiger partial charge on any atom is -0.384 e. The average molecular weight is 328 g/mol. The van der Waals surface area contributed by atoms with Gasteiger partial charge in [-0.1, -0.05) is 35.9 Å². The normalized spacial score (nSPS) is 13.7. The molecule has 3 aromatic rings. The van der Waals surface area contributed by atoms with Crippen molar-refractivity contribution < 1.29 is 5.11 Å². The fraction of sp³-hybridized carbons (Fsp3) is 0.222. The summed E-state index contributed by atoms with van der Waals surface area (Å²) >= 11 is 6.01. The van der Waals surface area contributed by atoms with Crippen LogP contribution in [0.1, 0.15) is 18.1 Å². The fourth-order valence-electron chi connectivity index (χ4n) is 2.56. The number of rotatable bonds is 4. The number of hydrogen-bond acceptors (Lipinski definition) is 4. The van der Waals surface area contributed by atoms with E-state index in [1.54, 1.807) is 19.1 Å². The Balaban J connectivity index is 1.87. The average Bonchev–Trinajstić information content (AvgIpc) is 2.53. The number of nitrogens with zero attached hydrogens (tertiary/aromatic N) is 2. The third-order valence-electron chi connectivity index (χ3n) is 3.91. The van der Waals surface area contributed by atoms with Gasteiger partial charge in [0.1, 0.15) is 17.7 Å². The molecular weight excluding hydrogens is 310 g/mol. The number of halogens is 1. The van der Waals surface area contributed by atoms with Crippen LogP contribution in [0, 0.1) is 6.92 Å². The highest BCUT2D eigenvalue weighted by Crippen LogP contribution is 2.26. The summed E-state index contributed by atoms with van der Waals surface area (Å²) in [4.78, 5) is 8.63. The summed E-state index contributed by atoms with van der Waals surface area (Å²) in [6, 6.07) is 13.2. The zero-order valence-corrected chi connectivity index (χ0v) is 13.8. The predicted molar refractivity (Wildman–Crippen MR) is 93.8 cm³/mol. The van der Waals surface area contributed by atoms with Gasteiger partial charge in [0.15, 0.2) is 0 Å². The Morgan fingerprint density at radius 2 is 1.96 bits per heavy atom. The maximum Gasteiger partial charge on any atom is 0.137 e. The highest BCUT2D eigenvalue weighted by Gasteiger charge is 2.23. The van der Waals surface area contributed by atoms with Crippen molar-refractivity contribution in [1.29, 1.82) is 0 Å². The van der Waals surface area contributed by atoms with Crippen LogP contribution in [-0.2, 0) is 5.60 Å². The van der Waals surface area contributed by atoms with Gasteiger partial charge < -0.3 is 10.4 Å². The highest BCUT2D eigenvalue weighted by atomic mass is 35.5. The lowest BCUT2D eigenvalue weighted by Crippen LogP contribution is -2.31. The second kappa shape index (κ2) is 6.14. The van der Waals surface area contributed by atoms with Crippen LogP contribution in [0.4, 0.5) is 5.82 Å². The predicted octanol–water partition coefficient (Wildman–Crippen LogP) is 3.91. The Bertz CT molecular complexity index is 849. The Kier molecular flexibility index (Phi) is 4.20. The molecule has 2 N–H and O–H groups in total. The fourth-order valence-corrected chi connectivity index (χ4v) is 2.75. The van der Waals surface area contributed by atoms with Crippen LogP contribution in [0.3, 0.4) is 0 Å². The number of para-hydroxylation sites is 1. The number of aromatic nitrogens is 2. The summed E-state index contributed by atoms with van der Waals surface area (Å²) in [5.41, 5.74) is 1.69. The molecule has 0 radical (unpaired) electrons. The van der Waals surface area contributed by atoms with Crippen molar-refractivity contribution in [2.45, 2.75) is 19.4 Å². The third kappa shape index (κ3) is 3.28. The Labute approximate surface area is 140 Å². The summed E-state index contributed by atoms with van der Waals surface area (Å²) in [6.07, 6.45) is 1.53. The lowest BCUT2D eigenvalue weighted by molar-refractivity contribution is 0.0715. The number of nitrogens with one attached hydrogen (secondary N) is 1. The molecule has 0 amide bonds. The first-order valence-corrected chi connectivity index (χ1v) is 7.78. The van der Waals surface area contributed by atoms with Crippen molar-refractivity contribution >= 4 is 28.3 Å². The van der Waals surface area contributed by atoms with Gasteiger partial charge in [0.2, 0.25) is 0 Å². The van der Waals surface area contributed by atoms with Crippen LogP contribution < -0.4 is 5.32 Å². The number of aliphatic hydroxyl groups is 1. The van der Waals surface area contributed by atoms with Gasteiger partial charge in [-0.2, -0.15) is 0 Å². The van der Waals surface area contributed by atoms with E-state index in [9.17, 15) is 5.11 Å². The van der Waals surface area contributed by atoms with Gasteiger partial charge in [-0.3, -0.25) is 0 Å². The molecule has 118 valence electrons. The van der Waals surface area contributed by atoms with Gasteiger partial charge in [-0.25, -0.2) is 9.97 Å². The largest absolute Gasteiger partial charge is 0.384 e. The third-order valence-corrected chi connectivity index (χ3v) is 4.15. The molecule has 0 aliphatic rings. The maximum absolute atomic E-state index is 10.7. The molecule has 5 heteroatoms. The minimum absolute atomic E-state index is 0.313. The maximum atomic E-state index is 10.7. The first kappa shape index (κ1) is 15.7. The van der Waals surface area contributed by atoms with Crippen molar-refractivity contribution in [2.75, 3.05) is 11.9 Å². The van der Waals surface area contributed by atoms with Crippen LogP contribution in [-0.4, -0.2) is 21.6 Å².